The molecule has 2 aromatic heterocycles. The Labute approximate surface area is 115 Å². The van der Waals surface area contributed by atoms with E-state index in [1.807, 2.05) is 17.6 Å². The van der Waals surface area contributed by atoms with Crippen LogP contribution in [0.4, 0.5) is 10.7 Å². The zero-order valence-corrected chi connectivity index (χ0v) is 11.3. The summed E-state index contributed by atoms with van der Waals surface area (Å²) in [5.41, 5.74) is 7.27. The van der Waals surface area contributed by atoms with E-state index in [1.165, 1.54) is 11.3 Å². The summed E-state index contributed by atoms with van der Waals surface area (Å²) < 4.78 is 1.82. The first-order valence-electron chi connectivity index (χ1n) is 5.90. The molecule has 98 valence electrons. The van der Waals surface area contributed by atoms with Crippen LogP contribution in [-0.2, 0) is 6.54 Å². The second-order valence-electron chi connectivity index (χ2n) is 4.08. The molecule has 0 saturated heterocycles. The number of aromatic nitrogens is 1. The summed E-state index contributed by atoms with van der Waals surface area (Å²) in [6, 6.07) is 5.37. The molecule has 0 spiro atoms. The van der Waals surface area contributed by atoms with E-state index in [0.717, 1.165) is 13.0 Å². The van der Waals surface area contributed by atoms with Crippen molar-refractivity contribution >= 4 is 27.9 Å². The summed E-state index contributed by atoms with van der Waals surface area (Å²) >= 11 is 1.33. The number of nitrogens with one attached hydrogen (secondary N) is 1. The summed E-state index contributed by atoms with van der Waals surface area (Å²) in [7, 11) is 0. The van der Waals surface area contributed by atoms with Crippen LogP contribution in [0.1, 0.15) is 29.4 Å². The van der Waals surface area contributed by atoms with Crippen molar-refractivity contribution in [1.29, 1.82) is 5.26 Å². The monoisotopic (exact) mass is 274 g/mol. The summed E-state index contributed by atoms with van der Waals surface area (Å²) in [6.45, 7) is 2.76. The number of hydrogen-bond donors (Lipinski definition) is 2. The fourth-order valence-corrected chi connectivity index (χ4v) is 2.54. The van der Waals surface area contributed by atoms with Crippen LogP contribution >= 0.6 is 11.3 Å². The third-order valence-corrected chi connectivity index (χ3v) is 3.46. The van der Waals surface area contributed by atoms with Crippen molar-refractivity contribution in [3.05, 3.63) is 35.0 Å². The molecular formula is C13H14N4OS. The smallest absolute Gasteiger partial charge is 0.272 e. The fraction of sp³-hybridized carbons (Fsp3) is 0.231. The van der Waals surface area contributed by atoms with E-state index >= 15 is 0 Å². The Morgan fingerprint density at radius 3 is 3.11 bits per heavy atom. The summed E-state index contributed by atoms with van der Waals surface area (Å²) in [4.78, 5) is 12.2. The number of carbonyl (C=O) groups excluding carboxylic acids is 1. The quantitative estimate of drug-likeness (QED) is 0.899. The van der Waals surface area contributed by atoms with Crippen LogP contribution in [0.5, 0.6) is 0 Å². The van der Waals surface area contributed by atoms with Gasteiger partial charge < -0.3 is 15.6 Å². The highest BCUT2D eigenvalue weighted by Gasteiger charge is 2.15. The van der Waals surface area contributed by atoms with E-state index in [1.54, 1.807) is 23.7 Å². The molecule has 0 atom stereocenters. The lowest BCUT2D eigenvalue weighted by molar-refractivity contribution is 0.101. The molecule has 0 fully saturated rings. The molecule has 0 aliphatic rings. The minimum absolute atomic E-state index is 0.246. The number of carbonyl (C=O) groups is 1. The topological polar surface area (TPSA) is 83.8 Å². The van der Waals surface area contributed by atoms with Gasteiger partial charge in [-0.15, -0.1) is 11.3 Å². The van der Waals surface area contributed by atoms with Crippen LogP contribution in [0.3, 0.4) is 0 Å². The minimum atomic E-state index is -0.246. The first-order valence-corrected chi connectivity index (χ1v) is 6.78. The molecular weight excluding hydrogens is 260 g/mol. The van der Waals surface area contributed by atoms with Gasteiger partial charge in [-0.05, 0) is 23.9 Å². The van der Waals surface area contributed by atoms with Gasteiger partial charge in [0, 0.05) is 12.7 Å². The van der Waals surface area contributed by atoms with Crippen LogP contribution in [-0.4, -0.2) is 10.5 Å². The van der Waals surface area contributed by atoms with Gasteiger partial charge in [-0.1, -0.05) is 6.92 Å². The van der Waals surface area contributed by atoms with Crippen molar-refractivity contribution in [2.45, 2.75) is 19.9 Å². The molecule has 5 nitrogen and oxygen atoms in total. The van der Waals surface area contributed by atoms with Gasteiger partial charge in [0.2, 0.25) is 0 Å². The molecule has 0 aromatic carbocycles. The molecule has 19 heavy (non-hydrogen) atoms. The molecule has 6 heteroatoms. The molecule has 0 bridgehead atoms. The van der Waals surface area contributed by atoms with E-state index in [2.05, 4.69) is 5.32 Å². The van der Waals surface area contributed by atoms with E-state index in [9.17, 15) is 4.79 Å². The lowest BCUT2D eigenvalue weighted by Gasteiger charge is -2.07. The predicted octanol–water partition coefficient (Wildman–Crippen LogP) is 2.67. The number of nitriles is 1. The maximum Gasteiger partial charge on any atom is 0.272 e. The van der Waals surface area contributed by atoms with Gasteiger partial charge in [-0.3, -0.25) is 4.79 Å². The van der Waals surface area contributed by atoms with E-state index in [-0.39, 0.29) is 5.91 Å². The van der Waals surface area contributed by atoms with Crippen molar-refractivity contribution in [3.8, 4) is 6.07 Å². The summed E-state index contributed by atoms with van der Waals surface area (Å²) in [5, 5.41) is 14.0. The van der Waals surface area contributed by atoms with Gasteiger partial charge in [-0.2, -0.15) is 5.26 Å². The number of nitrogen functional groups attached to an aromatic ring is 1. The van der Waals surface area contributed by atoms with Crippen molar-refractivity contribution in [3.63, 3.8) is 0 Å². The second-order valence-corrected chi connectivity index (χ2v) is 5.00. The van der Waals surface area contributed by atoms with Crippen LogP contribution in [0.25, 0.3) is 0 Å². The van der Waals surface area contributed by atoms with Crippen molar-refractivity contribution in [2.75, 3.05) is 11.1 Å². The Kier molecular flexibility index (Phi) is 3.88. The zero-order valence-electron chi connectivity index (χ0n) is 10.5. The van der Waals surface area contributed by atoms with Crippen molar-refractivity contribution in [1.82, 2.24) is 4.57 Å². The van der Waals surface area contributed by atoms with Crippen molar-refractivity contribution in [2.24, 2.45) is 0 Å². The largest absolute Gasteiger partial charge is 0.397 e. The Morgan fingerprint density at radius 1 is 1.63 bits per heavy atom. The average Bonchev–Trinajstić information content (AvgIpc) is 2.96. The van der Waals surface area contributed by atoms with Crippen LogP contribution < -0.4 is 11.1 Å². The number of aryl methyl sites for hydroxylation is 1. The summed E-state index contributed by atoms with van der Waals surface area (Å²) in [5.74, 6) is -0.246. The SMILES string of the molecule is CCCn1cc(N)cc1C(=O)Nc1sccc1C#N. The Bertz CT molecular complexity index is 635. The first kappa shape index (κ1) is 13.2. The number of nitrogens with two attached hydrogens (primary N) is 1. The van der Waals surface area contributed by atoms with Gasteiger partial charge in [0.25, 0.3) is 5.91 Å². The summed E-state index contributed by atoms with van der Waals surface area (Å²) in [6.07, 6.45) is 2.66. The highest BCUT2D eigenvalue weighted by atomic mass is 32.1. The number of rotatable bonds is 4. The van der Waals surface area contributed by atoms with Gasteiger partial charge in [0.1, 0.15) is 16.8 Å². The van der Waals surface area contributed by atoms with Crippen LogP contribution in [0.2, 0.25) is 0 Å². The molecule has 0 radical (unpaired) electrons. The first-order chi connectivity index (χ1) is 9.15. The molecule has 0 aliphatic heterocycles. The molecule has 1 amide bonds. The van der Waals surface area contributed by atoms with Crippen LogP contribution in [0.15, 0.2) is 23.7 Å². The molecule has 0 saturated carbocycles. The second kappa shape index (κ2) is 5.59. The zero-order chi connectivity index (χ0) is 13.8. The number of hydrogen-bond acceptors (Lipinski definition) is 4. The number of amides is 1. The Morgan fingerprint density at radius 2 is 2.42 bits per heavy atom. The van der Waals surface area contributed by atoms with Gasteiger partial charge in [0.15, 0.2) is 0 Å². The van der Waals surface area contributed by atoms with Gasteiger partial charge in [0.05, 0.1) is 11.3 Å². The minimum Gasteiger partial charge on any atom is -0.397 e. The molecule has 0 aliphatic carbocycles. The fourth-order valence-electron chi connectivity index (χ4n) is 1.81. The Balaban J connectivity index is 2.23. The van der Waals surface area contributed by atoms with Gasteiger partial charge >= 0.3 is 0 Å². The highest BCUT2D eigenvalue weighted by Crippen LogP contribution is 2.23. The van der Waals surface area contributed by atoms with Crippen molar-refractivity contribution < 1.29 is 4.79 Å². The molecule has 2 heterocycles. The number of anilines is 2. The Hall–Kier alpha value is -2.26. The molecule has 0 unspecified atom stereocenters. The molecule has 2 aromatic rings. The van der Waals surface area contributed by atoms with E-state index in [4.69, 9.17) is 11.0 Å². The third-order valence-electron chi connectivity index (χ3n) is 2.63. The molecule has 2 rings (SSSR count). The lowest BCUT2D eigenvalue weighted by atomic mass is 10.3. The lowest BCUT2D eigenvalue weighted by Crippen LogP contribution is -2.16. The molecule has 3 N–H and O–H groups in total. The predicted molar refractivity (Wildman–Crippen MR) is 76.1 cm³/mol. The highest BCUT2D eigenvalue weighted by molar-refractivity contribution is 7.14. The number of thiophene rings is 1. The number of nitrogens with zero attached hydrogens (tertiary/aromatic N) is 2. The normalized spacial score (nSPS) is 10.1. The van der Waals surface area contributed by atoms with Gasteiger partial charge in [-0.25, -0.2) is 0 Å². The third kappa shape index (κ3) is 2.77. The van der Waals surface area contributed by atoms with Crippen LogP contribution in [0, 0.1) is 11.3 Å². The standard InChI is InChI=1S/C13H14N4OS/c1-2-4-17-8-10(15)6-11(17)12(18)16-13-9(7-14)3-5-19-13/h3,5-6,8H,2,4,15H2,1H3,(H,16,18). The average molecular weight is 274 g/mol. The maximum absolute atomic E-state index is 12.2. The van der Waals surface area contributed by atoms with E-state index in [0.29, 0.717) is 21.9 Å². The van der Waals surface area contributed by atoms with E-state index < -0.39 is 0 Å². The maximum atomic E-state index is 12.2.